The van der Waals surface area contributed by atoms with Gasteiger partial charge < -0.3 is 30.5 Å². The molecule has 1 aliphatic heterocycles. The van der Waals surface area contributed by atoms with Crippen molar-refractivity contribution < 1.29 is 34.4 Å². The monoisotopic (exact) mass is 465 g/mol. The highest BCUT2D eigenvalue weighted by atomic mass is 16.7. The maximum Gasteiger partial charge on any atom is 0.201 e. The molecule has 1 saturated heterocycles. The molecule has 5 rings (SSSR count). The van der Waals surface area contributed by atoms with E-state index in [4.69, 9.17) is 15.2 Å². The fourth-order valence-corrected chi connectivity index (χ4v) is 5.15. The van der Waals surface area contributed by atoms with Gasteiger partial charge in [0.05, 0.1) is 29.4 Å². The van der Waals surface area contributed by atoms with Crippen LogP contribution < -0.4 is 5.73 Å². The first-order valence-corrected chi connectivity index (χ1v) is 11.5. The quantitative estimate of drug-likeness (QED) is 0.463. The minimum absolute atomic E-state index is 0.0967. The number of hydrogen-bond donors (Lipinski definition) is 4. The number of rotatable bonds is 3. The van der Waals surface area contributed by atoms with Crippen LogP contribution in [0.3, 0.4) is 0 Å². The smallest absolute Gasteiger partial charge is 0.201 e. The van der Waals surface area contributed by atoms with Crippen molar-refractivity contribution in [3.63, 3.8) is 0 Å². The number of phenols is 2. The number of carbonyl (C=O) groups is 2. The van der Waals surface area contributed by atoms with E-state index in [1.807, 2.05) is 13.0 Å². The average molecular weight is 466 g/mol. The zero-order valence-electron chi connectivity index (χ0n) is 18.9. The molecule has 178 valence electrons. The van der Waals surface area contributed by atoms with Crippen molar-refractivity contribution >= 4 is 17.6 Å². The standard InChI is InChI=1S/C26H27NO7/c1-3-12-7-13-9-15-22(26(32)21-14(24(15)30)5-4-6-17(21)28)25(31)20(13)18(8-12)34-19-10-16(27)23(29)11(2)33-19/h4-7,9,11,16,18-19,23,28-29,31H,3,8,10,27H2,1-2H3/t11?,16?,18-,19?,23?/m0/s1. The molecule has 5 atom stereocenters. The maximum absolute atomic E-state index is 13.3. The van der Waals surface area contributed by atoms with Gasteiger partial charge in [0.15, 0.2) is 12.1 Å². The first kappa shape index (κ1) is 22.7. The van der Waals surface area contributed by atoms with Crippen LogP contribution in [-0.4, -0.2) is 51.4 Å². The second-order valence-corrected chi connectivity index (χ2v) is 9.15. The summed E-state index contributed by atoms with van der Waals surface area (Å²) in [5, 5.41) is 31.7. The van der Waals surface area contributed by atoms with E-state index in [2.05, 4.69) is 0 Å². The van der Waals surface area contributed by atoms with Gasteiger partial charge in [0, 0.05) is 29.2 Å². The van der Waals surface area contributed by atoms with Gasteiger partial charge >= 0.3 is 0 Å². The summed E-state index contributed by atoms with van der Waals surface area (Å²) in [5.74, 6) is -1.68. The van der Waals surface area contributed by atoms with Gasteiger partial charge in [-0.05, 0) is 37.5 Å². The Hall–Kier alpha value is -3.04. The molecule has 8 nitrogen and oxygen atoms in total. The summed E-state index contributed by atoms with van der Waals surface area (Å²) in [6.07, 6.45) is 0.702. The number of fused-ring (bicyclic) bond motifs is 3. The van der Waals surface area contributed by atoms with Crippen LogP contribution in [0.15, 0.2) is 29.8 Å². The second-order valence-electron chi connectivity index (χ2n) is 9.15. The number of phenolic OH excluding ortho intramolecular Hbond substituents is 2. The predicted octanol–water partition coefficient (Wildman–Crippen LogP) is 2.95. The van der Waals surface area contributed by atoms with E-state index in [0.29, 0.717) is 17.5 Å². The van der Waals surface area contributed by atoms with Crippen LogP contribution in [0.25, 0.3) is 6.08 Å². The van der Waals surface area contributed by atoms with Gasteiger partial charge in [-0.15, -0.1) is 0 Å². The molecular formula is C26H27NO7. The summed E-state index contributed by atoms with van der Waals surface area (Å²) in [6.45, 7) is 3.72. The van der Waals surface area contributed by atoms with Gasteiger partial charge in [0.1, 0.15) is 11.5 Å². The summed E-state index contributed by atoms with van der Waals surface area (Å²) in [4.78, 5) is 26.5. The SMILES string of the molecule is CCC1=Cc2cc3c(c(O)c2[C@@H](OC2CC(N)C(O)C(C)O2)C1)C(=O)c1c(O)cccc1C3=O. The Morgan fingerprint density at radius 1 is 1.15 bits per heavy atom. The molecule has 1 heterocycles. The average Bonchev–Trinajstić information content (AvgIpc) is 2.80. The number of ether oxygens (including phenoxy) is 2. The maximum atomic E-state index is 13.3. The van der Waals surface area contributed by atoms with E-state index in [9.17, 15) is 24.9 Å². The molecular weight excluding hydrogens is 438 g/mol. The predicted molar refractivity (Wildman–Crippen MR) is 123 cm³/mol. The van der Waals surface area contributed by atoms with Gasteiger partial charge in [0.2, 0.25) is 5.78 Å². The van der Waals surface area contributed by atoms with Crippen LogP contribution >= 0.6 is 0 Å². The van der Waals surface area contributed by atoms with Gasteiger partial charge in [-0.1, -0.05) is 30.7 Å². The highest BCUT2D eigenvalue weighted by Gasteiger charge is 2.40. The van der Waals surface area contributed by atoms with Crippen LogP contribution in [0.4, 0.5) is 0 Å². The Bertz CT molecular complexity index is 1220. The third-order valence-corrected chi connectivity index (χ3v) is 7.01. The molecule has 3 aliphatic rings. The molecule has 0 bridgehead atoms. The first-order chi connectivity index (χ1) is 16.2. The van der Waals surface area contributed by atoms with Crippen LogP contribution in [0.2, 0.25) is 0 Å². The van der Waals surface area contributed by atoms with Crippen molar-refractivity contribution in [1.29, 1.82) is 0 Å². The molecule has 2 aromatic rings. The number of ketones is 2. The summed E-state index contributed by atoms with van der Waals surface area (Å²) < 4.78 is 12.0. The molecule has 0 saturated carbocycles. The highest BCUT2D eigenvalue weighted by molar-refractivity contribution is 6.30. The first-order valence-electron chi connectivity index (χ1n) is 11.5. The van der Waals surface area contributed by atoms with Crippen molar-refractivity contribution in [3.8, 4) is 11.5 Å². The van der Waals surface area contributed by atoms with E-state index in [-0.39, 0.29) is 40.2 Å². The Labute approximate surface area is 196 Å². The Morgan fingerprint density at radius 2 is 1.91 bits per heavy atom. The minimum Gasteiger partial charge on any atom is -0.507 e. The van der Waals surface area contributed by atoms with Crippen molar-refractivity contribution in [3.05, 3.63) is 63.2 Å². The van der Waals surface area contributed by atoms with E-state index in [0.717, 1.165) is 12.0 Å². The summed E-state index contributed by atoms with van der Waals surface area (Å²) >= 11 is 0. The summed E-state index contributed by atoms with van der Waals surface area (Å²) in [7, 11) is 0. The number of hydrogen-bond acceptors (Lipinski definition) is 8. The lowest BCUT2D eigenvalue weighted by Gasteiger charge is -2.38. The van der Waals surface area contributed by atoms with E-state index < -0.39 is 42.2 Å². The highest BCUT2D eigenvalue weighted by Crippen LogP contribution is 2.47. The van der Waals surface area contributed by atoms with E-state index >= 15 is 0 Å². The molecule has 8 heteroatoms. The molecule has 2 aromatic carbocycles. The third kappa shape index (κ3) is 3.45. The van der Waals surface area contributed by atoms with Crippen molar-refractivity contribution in [2.75, 3.05) is 0 Å². The van der Waals surface area contributed by atoms with Crippen LogP contribution in [0.1, 0.15) is 82.2 Å². The van der Waals surface area contributed by atoms with Gasteiger partial charge in [-0.25, -0.2) is 0 Å². The normalized spacial score (nSPS) is 28.1. The zero-order chi connectivity index (χ0) is 24.3. The summed E-state index contributed by atoms with van der Waals surface area (Å²) in [5.41, 5.74) is 8.06. The molecule has 5 N–H and O–H groups in total. The Balaban J connectivity index is 1.60. The van der Waals surface area contributed by atoms with E-state index in [1.54, 1.807) is 13.0 Å². The molecule has 4 unspecified atom stereocenters. The lowest BCUT2D eigenvalue weighted by atomic mass is 9.78. The zero-order valence-corrected chi connectivity index (χ0v) is 18.9. The van der Waals surface area contributed by atoms with Crippen molar-refractivity contribution in [2.45, 2.75) is 63.8 Å². The van der Waals surface area contributed by atoms with Crippen molar-refractivity contribution in [1.82, 2.24) is 0 Å². The topological polar surface area (TPSA) is 139 Å². The third-order valence-electron chi connectivity index (χ3n) is 7.01. The number of nitrogens with two attached hydrogens (primary N) is 1. The second kappa shape index (κ2) is 8.32. The number of aliphatic hydroxyl groups excluding tert-OH is 1. The molecule has 0 aromatic heterocycles. The fourth-order valence-electron chi connectivity index (χ4n) is 5.15. The molecule has 1 fully saturated rings. The number of aromatic hydroxyl groups is 2. The lowest BCUT2D eigenvalue weighted by Crippen LogP contribution is -2.51. The Kier molecular flexibility index (Phi) is 5.56. The lowest BCUT2D eigenvalue weighted by molar-refractivity contribution is -0.240. The molecule has 0 spiro atoms. The number of aliphatic hydroxyl groups is 1. The number of carbonyl (C=O) groups excluding carboxylic acids is 2. The minimum atomic E-state index is -0.804. The largest absolute Gasteiger partial charge is 0.507 e. The molecule has 0 amide bonds. The van der Waals surface area contributed by atoms with Gasteiger partial charge in [-0.2, -0.15) is 0 Å². The fraction of sp³-hybridized carbons (Fsp3) is 0.385. The Morgan fingerprint density at radius 3 is 2.62 bits per heavy atom. The van der Waals surface area contributed by atoms with Gasteiger partial charge in [-0.3, -0.25) is 9.59 Å². The molecule has 2 aliphatic carbocycles. The summed E-state index contributed by atoms with van der Waals surface area (Å²) in [6, 6.07) is 5.43. The van der Waals surface area contributed by atoms with Crippen LogP contribution in [0.5, 0.6) is 11.5 Å². The molecule has 34 heavy (non-hydrogen) atoms. The number of benzene rings is 2. The van der Waals surface area contributed by atoms with Crippen LogP contribution in [-0.2, 0) is 9.47 Å². The van der Waals surface area contributed by atoms with Gasteiger partial charge in [0.25, 0.3) is 0 Å². The van der Waals surface area contributed by atoms with Crippen molar-refractivity contribution in [2.24, 2.45) is 5.73 Å². The molecule has 0 radical (unpaired) electrons. The van der Waals surface area contributed by atoms with E-state index in [1.165, 1.54) is 18.2 Å². The van der Waals surface area contributed by atoms with Crippen LogP contribution in [0, 0.1) is 0 Å².